The van der Waals surface area contributed by atoms with Crippen molar-refractivity contribution in [2.45, 2.75) is 32.6 Å². The van der Waals surface area contributed by atoms with E-state index in [1.54, 1.807) is 11.0 Å². The molecular formula is C24H23Cl2FN2O. The van der Waals surface area contributed by atoms with Crippen LogP contribution in [0.15, 0.2) is 47.5 Å². The van der Waals surface area contributed by atoms with E-state index in [1.807, 2.05) is 19.1 Å². The van der Waals surface area contributed by atoms with Gasteiger partial charge in [0.15, 0.2) is 0 Å². The molecule has 4 rings (SSSR count). The Morgan fingerprint density at radius 3 is 2.87 bits per heavy atom. The molecule has 0 radical (unpaired) electrons. The van der Waals surface area contributed by atoms with Crippen molar-refractivity contribution in [3.05, 3.63) is 69.5 Å². The molecule has 1 aliphatic carbocycles. The van der Waals surface area contributed by atoms with Gasteiger partial charge in [-0.1, -0.05) is 35.3 Å². The molecule has 2 aromatic rings. The minimum absolute atomic E-state index is 0.0352. The van der Waals surface area contributed by atoms with Crippen LogP contribution in [0.25, 0.3) is 5.57 Å². The third kappa shape index (κ3) is 4.30. The molecule has 2 aromatic carbocycles. The zero-order chi connectivity index (χ0) is 21.3. The van der Waals surface area contributed by atoms with Crippen LogP contribution < -0.4 is 4.90 Å². The van der Waals surface area contributed by atoms with E-state index >= 15 is 0 Å². The van der Waals surface area contributed by atoms with Crippen LogP contribution in [0.3, 0.4) is 0 Å². The number of fused-ring (bicyclic) bond motifs is 1. The van der Waals surface area contributed by atoms with Crippen LogP contribution in [0, 0.1) is 11.7 Å². The molecule has 1 aliphatic heterocycles. The lowest BCUT2D eigenvalue weighted by Crippen LogP contribution is -2.29. The highest BCUT2D eigenvalue weighted by molar-refractivity contribution is 6.31. The number of aliphatic imine (C=N–C) groups is 1. The number of amides is 1. The molecule has 0 spiro atoms. The smallest absolute Gasteiger partial charge is 0.235 e. The van der Waals surface area contributed by atoms with Crippen molar-refractivity contribution in [1.82, 2.24) is 0 Å². The molecule has 1 amide bonds. The van der Waals surface area contributed by atoms with Crippen LogP contribution in [0.5, 0.6) is 0 Å². The number of halogens is 3. The third-order valence-electron chi connectivity index (χ3n) is 5.89. The van der Waals surface area contributed by atoms with E-state index in [0.717, 1.165) is 30.0 Å². The Balaban J connectivity index is 1.41. The molecular weight excluding hydrogens is 422 g/mol. The average Bonchev–Trinajstić information content (AvgIpc) is 3.11. The predicted octanol–water partition coefficient (Wildman–Crippen LogP) is 6.37. The van der Waals surface area contributed by atoms with Crippen molar-refractivity contribution in [2.75, 3.05) is 18.0 Å². The summed E-state index contributed by atoms with van der Waals surface area (Å²) >= 11 is 11.9. The molecule has 3 nitrogen and oxygen atoms in total. The number of rotatable bonds is 5. The highest BCUT2D eigenvalue weighted by Crippen LogP contribution is 2.32. The van der Waals surface area contributed by atoms with E-state index in [2.05, 4.69) is 12.1 Å². The van der Waals surface area contributed by atoms with E-state index in [-0.39, 0.29) is 16.8 Å². The summed E-state index contributed by atoms with van der Waals surface area (Å²) < 4.78 is 13.8. The first-order valence-corrected chi connectivity index (χ1v) is 10.9. The topological polar surface area (TPSA) is 32.7 Å². The number of carbonyl (C=O) groups excluding carboxylic acids is 1. The Bertz CT molecular complexity index is 1050. The van der Waals surface area contributed by atoms with Crippen molar-refractivity contribution < 1.29 is 9.18 Å². The van der Waals surface area contributed by atoms with Crippen LogP contribution in [-0.2, 0) is 11.2 Å². The highest BCUT2D eigenvalue weighted by atomic mass is 35.5. The number of carbonyl (C=O) groups is 1. The summed E-state index contributed by atoms with van der Waals surface area (Å²) in [5, 5.41) is 0.802. The molecule has 1 fully saturated rings. The fourth-order valence-corrected chi connectivity index (χ4v) is 4.54. The Kier molecular flexibility index (Phi) is 6.26. The lowest BCUT2D eigenvalue weighted by Gasteiger charge is -2.18. The standard InChI is InChI=1S/C24H23Cl2FN2O/c1-15(20-10-12-29(24(20)30)19-7-8-22(26)23(27)14-19)28-11-9-17-4-2-3-16-5-6-18(25)13-21(16)17/h4-8,13-14,20H,2-3,9-12H2,1H3. The second-order valence-corrected chi connectivity index (χ2v) is 8.62. The molecule has 0 saturated carbocycles. The molecule has 0 bridgehead atoms. The largest absolute Gasteiger partial charge is 0.312 e. The minimum Gasteiger partial charge on any atom is -0.312 e. The number of aryl methyl sites for hydroxylation is 1. The van der Waals surface area contributed by atoms with Crippen LogP contribution in [0.4, 0.5) is 10.1 Å². The van der Waals surface area contributed by atoms with Gasteiger partial charge in [-0.15, -0.1) is 0 Å². The van der Waals surface area contributed by atoms with Crippen molar-refractivity contribution in [3.63, 3.8) is 0 Å². The molecule has 30 heavy (non-hydrogen) atoms. The highest BCUT2D eigenvalue weighted by Gasteiger charge is 2.34. The predicted molar refractivity (Wildman–Crippen MR) is 122 cm³/mol. The maximum atomic E-state index is 13.8. The lowest BCUT2D eigenvalue weighted by molar-refractivity contribution is -0.118. The quantitative estimate of drug-likeness (QED) is 0.493. The van der Waals surface area contributed by atoms with Gasteiger partial charge in [-0.25, -0.2) is 4.39 Å². The fourth-order valence-electron chi connectivity index (χ4n) is 4.25. The molecule has 1 saturated heterocycles. The maximum Gasteiger partial charge on any atom is 0.235 e. The lowest BCUT2D eigenvalue weighted by atomic mass is 9.89. The summed E-state index contributed by atoms with van der Waals surface area (Å²) in [6.07, 6.45) is 5.83. The summed E-state index contributed by atoms with van der Waals surface area (Å²) in [4.78, 5) is 19.2. The second-order valence-electron chi connectivity index (χ2n) is 7.77. The zero-order valence-electron chi connectivity index (χ0n) is 16.8. The molecule has 2 aliphatic rings. The molecule has 0 aromatic heterocycles. The molecule has 1 unspecified atom stereocenters. The SMILES string of the molecule is CC(=NCCC1=CCCc2ccc(Cl)cc21)C1CCN(c2ccc(Cl)c(F)c2)C1=O. The van der Waals surface area contributed by atoms with Crippen molar-refractivity contribution >= 4 is 46.1 Å². The van der Waals surface area contributed by atoms with Gasteiger partial charge in [-0.2, -0.15) is 0 Å². The molecule has 6 heteroatoms. The van der Waals surface area contributed by atoms with Gasteiger partial charge in [-0.3, -0.25) is 9.79 Å². The Hall–Kier alpha value is -2.17. The zero-order valence-corrected chi connectivity index (χ0v) is 18.3. The van der Waals surface area contributed by atoms with Gasteiger partial charge in [-0.05, 0) is 79.6 Å². The van der Waals surface area contributed by atoms with Gasteiger partial charge < -0.3 is 4.90 Å². The van der Waals surface area contributed by atoms with Gasteiger partial charge in [0.2, 0.25) is 5.91 Å². The van der Waals surface area contributed by atoms with E-state index < -0.39 is 5.82 Å². The second kappa shape index (κ2) is 8.91. The number of nitrogens with zero attached hydrogens (tertiary/aromatic N) is 2. The molecule has 1 atom stereocenters. The monoisotopic (exact) mass is 444 g/mol. The number of allylic oxidation sites excluding steroid dienone is 1. The minimum atomic E-state index is -0.517. The average molecular weight is 445 g/mol. The summed E-state index contributed by atoms with van der Waals surface area (Å²) in [7, 11) is 0. The van der Waals surface area contributed by atoms with E-state index in [0.29, 0.717) is 25.2 Å². The summed E-state index contributed by atoms with van der Waals surface area (Å²) in [6, 6.07) is 10.5. The van der Waals surface area contributed by atoms with E-state index in [9.17, 15) is 9.18 Å². The first-order valence-electron chi connectivity index (χ1n) is 10.2. The van der Waals surface area contributed by atoms with Gasteiger partial charge in [0.05, 0.1) is 10.9 Å². The van der Waals surface area contributed by atoms with Gasteiger partial charge in [0.25, 0.3) is 0 Å². The summed E-state index contributed by atoms with van der Waals surface area (Å²) in [5.74, 6) is -0.810. The normalized spacial score (nSPS) is 19.1. The molecule has 1 heterocycles. The number of hydrogen-bond donors (Lipinski definition) is 0. The fraction of sp³-hybridized carbons (Fsp3) is 0.333. The molecule has 0 N–H and O–H groups in total. The maximum absolute atomic E-state index is 13.8. The summed E-state index contributed by atoms with van der Waals surface area (Å²) in [5.41, 5.74) is 5.19. The summed E-state index contributed by atoms with van der Waals surface area (Å²) in [6.45, 7) is 3.09. The van der Waals surface area contributed by atoms with E-state index in [4.69, 9.17) is 28.2 Å². The first-order chi connectivity index (χ1) is 14.4. The van der Waals surface area contributed by atoms with Crippen molar-refractivity contribution in [1.29, 1.82) is 0 Å². The Morgan fingerprint density at radius 2 is 2.07 bits per heavy atom. The number of hydrogen-bond acceptors (Lipinski definition) is 2. The van der Waals surface area contributed by atoms with Crippen LogP contribution in [0.1, 0.15) is 37.3 Å². The van der Waals surface area contributed by atoms with Gasteiger partial charge >= 0.3 is 0 Å². The van der Waals surface area contributed by atoms with Crippen LogP contribution in [-0.4, -0.2) is 24.7 Å². The Labute approximate surface area is 186 Å². The van der Waals surface area contributed by atoms with Crippen LogP contribution in [0.2, 0.25) is 10.0 Å². The first kappa shape index (κ1) is 21.1. The van der Waals surface area contributed by atoms with Crippen molar-refractivity contribution in [2.24, 2.45) is 10.9 Å². The van der Waals surface area contributed by atoms with Crippen LogP contribution >= 0.6 is 23.2 Å². The van der Waals surface area contributed by atoms with Crippen molar-refractivity contribution in [3.8, 4) is 0 Å². The third-order valence-corrected chi connectivity index (χ3v) is 6.43. The molecule has 156 valence electrons. The van der Waals surface area contributed by atoms with E-state index in [1.165, 1.54) is 28.8 Å². The number of benzene rings is 2. The van der Waals surface area contributed by atoms with Gasteiger partial charge in [0.1, 0.15) is 5.82 Å². The number of anilines is 1. The Morgan fingerprint density at radius 1 is 1.23 bits per heavy atom. The van der Waals surface area contributed by atoms with Gasteiger partial charge in [0, 0.05) is 29.5 Å².